The predicted octanol–water partition coefficient (Wildman–Crippen LogP) is 1.48. The highest BCUT2D eigenvalue weighted by Gasteiger charge is 2.68. The van der Waals surface area contributed by atoms with Crippen molar-refractivity contribution in [3.8, 4) is 0 Å². The Hall–Kier alpha value is -2.45. The monoisotopic (exact) mass is 382 g/mol. The van der Waals surface area contributed by atoms with Crippen LogP contribution in [0.25, 0.3) is 16.7 Å². The van der Waals surface area contributed by atoms with E-state index in [1.165, 1.54) is 31.8 Å². The number of rotatable bonds is 4. The molecular formula is C20H23FN6O. The van der Waals surface area contributed by atoms with Gasteiger partial charge in [0.25, 0.3) is 5.91 Å². The van der Waals surface area contributed by atoms with Gasteiger partial charge in [-0.05, 0) is 32.0 Å². The molecule has 1 aromatic carbocycles. The molecule has 3 saturated heterocycles. The number of halogens is 1. The van der Waals surface area contributed by atoms with Gasteiger partial charge in [-0.3, -0.25) is 14.8 Å². The number of aromatic amines is 1. The summed E-state index contributed by atoms with van der Waals surface area (Å²) in [5.74, 6) is -1.16. The molecule has 0 saturated carbocycles. The Bertz CT molecular complexity index is 1130. The Morgan fingerprint density at radius 3 is 2.68 bits per heavy atom. The Kier molecular flexibility index (Phi) is 3.02. The fourth-order valence-electron chi connectivity index (χ4n) is 4.99. The van der Waals surface area contributed by atoms with Gasteiger partial charge in [0.05, 0.1) is 16.6 Å². The van der Waals surface area contributed by atoms with Crippen molar-refractivity contribution in [2.24, 2.45) is 5.73 Å². The molecule has 0 unspecified atom stereocenters. The van der Waals surface area contributed by atoms with E-state index in [-0.39, 0.29) is 11.0 Å². The number of carbonyl (C=O) groups is 1. The van der Waals surface area contributed by atoms with Gasteiger partial charge in [-0.15, -0.1) is 0 Å². The van der Waals surface area contributed by atoms with E-state index in [1.807, 2.05) is 6.20 Å². The van der Waals surface area contributed by atoms with E-state index in [1.54, 1.807) is 4.52 Å². The van der Waals surface area contributed by atoms with Gasteiger partial charge in [0.1, 0.15) is 11.3 Å². The van der Waals surface area contributed by atoms with Gasteiger partial charge in [-0.1, -0.05) is 6.92 Å². The summed E-state index contributed by atoms with van der Waals surface area (Å²) in [5.41, 5.74) is 9.02. The minimum absolute atomic E-state index is 0.00495. The van der Waals surface area contributed by atoms with E-state index >= 15 is 0 Å². The van der Waals surface area contributed by atoms with Crippen LogP contribution >= 0.6 is 0 Å². The minimum atomic E-state index is -0.657. The zero-order valence-electron chi connectivity index (χ0n) is 15.8. The second-order valence-electron chi connectivity index (χ2n) is 9.06. The molecule has 1 amide bonds. The number of benzene rings is 1. The third-order valence-electron chi connectivity index (χ3n) is 7.12. The lowest BCUT2D eigenvalue weighted by Crippen LogP contribution is -2.43. The molecule has 28 heavy (non-hydrogen) atoms. The number of nitrogens with one attached hydrogen (secondary N) is 1. The highest BCUT2D eigenvalue weighted by Crippen LogP contribution is 2.50. The SMILES string of the molecule is CC1(c2c[nH]n3c2nc2cc(F)cc(C(N)=O)c23)CCN(CC23CN2C3)CC1. The van der Waals surface area contributed by atoms with E-state index < -0.39 is 11.7 Å². The average molecular weight is 382 g/mol. The highest BCUT2D eigenvalue weighted by atomic mass is 19.1. The molecule has 0 aliphatic carbocycles. The molecule has 7 nitrogen and oxygen atoms in total. The summed E-state index contributed by atoms with van der Waals surface area (Å²) in [5, 5.41) is 3.22. The molecule has 0 bridgehead atoms. The fraction of sp³-hybridized carbons (Fsp3) is 0.500. The Morgan fingerprint density at radius 1 is 1.32 bits per heavy atom. The van der Waals surface area contributed by atoms with Crippen LogP contribution < -0.4 is 5.73 Å². The van der Waals surface area contributed by atoms with Crippen molar-refractivity contribution >= 4 is 22.6 Å². The van der Waals surface area contributed by atoms with Crippen LogP contribution in [0, 0.1) is 5.82 Å². The first-order chi connectivity index (χ1) is 13.4. The third-order valence-corrected chi connectivity index (χ3v) is 7.12. The van der Waals surface area contributed by atoms with Crippen molar-refractivity contribution in [3.63, 3.8) is 0 Å². The normalized spacial score (nSPS) is 28.6. The Labute approximate surface area is 161 Å². The van der Waals surface area contributed by atoms with E-state index in [0.29, 0.717) is 16.6 Å². The summed E-state index contributed by atoms with van der Waals surface area (Å²) < 4.78 is 15.7. The highest BCUT2D eigenvalue weighted by molar-refractivity contribution is 6.05. The molecular weight excluding hydrogens is 359 g/mol. The molecule has 3 N–H and O–H groups in total. The molecule has 8 heteroatoms. The van der Waals surface area contributed by atoms with Gasteiger partial charge in [-0.2, -0.15) is 0 Å². The van der Waals surface area contributed by atoms with Crippen molar-refractivity contribution in [3.05, 3.63) is 35.3 Å². The summed E-state index contributed by atoms with van der Waals surface area (Å²) in [6.07, 6.45) is 4.08. The fourth-order valence-corrected chi connectivity index (χ4v) is 4.99. The van der Waals surface area contributed by atoms with Crippen LogP contribution in [0.5, 0.6) is 0 Å². The second-order valence-corrected chi connectivity index (χ2v) is 9.06. The van der Waals surface area contributed by atoms with Gasteiger partial charge in [0, 0.05) is 42.9 Å². The number of aromatic nitrogens is 3. The average Bonchev–Trinajstić information content (AvgIpc) is 3.36. The van der Waals surface area contributed by atoms with Crippen LogP contribution in [-0.2, 0) is 5.41 Å². The topological polar surface area (TPSA) is 82.4 Å². The second kappa shape index (κ2) is 5.12. The summed E-state index contributed by atoms with van der Waals surface area (Å²) in [6.45, 7) is 8.17. The molecule has 0 spiro atoms. The van der Waals surface area contributed by atoms with E-state index in [2.05, 4.69) is 26.8 Å². The Morgan fingerprint density at radius 2 is 2.04 bits per heavy atom. The zero-order valence-corrected chi connectivity index (χ0v) is 15.8. The summed E-state index contributed by atoms with van der Waals surface area (Å²) in [7, 11) is 0. The van der Waals surface area contributed by atoms with E-state index in [9.17, 15) is 9.18 Å². The van der Waals surface area contributed by atoms with Gasteiger partial charge in [0.15, 0.2) is 5.65 Å². The number of likely N-dealkylation sites (tertiary alicyclic amines) is 1. The lowest BCUT2D eigenvalue weighted by molar-refractivity contribution is 0.100. The van der Waals surface area contributed by atoms with E-state index in [4.69, 9.17) is 5.73 Å². The number of amides is 1. The van der Waals surface area contributed by atoms with Gasteiger partial charge in [0.2, 0.25) is 0 Å². The maximum Gasteiger partial charge on any atom is 0.251 e. The number of carbonyl (C=O) groups excluding carboxylic acids is 1. The smallest absolute Gasteiger partial charge is 0.251 e. The van der Waals surface area contributed by atoms with Crippen LogP contribution in [-0.4, -0.2) is 68.6 Å². The number of imidazole rings is 1. The van der Waals surface area contributed by atoms with Gasteiger partial charge >= 0.3 is 0 Å². The number of H-pyrrole nitrogens is 1. The van der Waals surface area contributed by atoms with Crippen molar-refractivity contribution in [1.29, 1.82) is 0 Å². The standard InChI is InChI=1S/C20H23FN6O/c1-19(2-4-25(5-3-19)9-20-10-26(20)11-20)14-8-23-27-16-13(17(22)28)6-12(21)7-15(16)24-18(14)27/h6-8,23H,2-5,9-11H2,1H3,(H2,22,28). The van der Waals surface area contributed by atoms with Crippen molar-refractivity contribution in [2.75, 3.05) is 32.7 Å². The largest absolute Gasteiger partial charge is 0.366 e. The van der Waals surface area contributed by atoms with Crippen molar-refractivity contribution in [2.45, 2.75) is 30.7 Å². The first kappa shape index (κ1) is 16.5. The number of piperidine rings is 1. The number of hydrogen-bond donors (Lipinski definition) is 2. The molecule has 3 aliphatic rings. The van der Waals surface area contributed by atoms with E-state index in [0.717, 1.165) is 37.1 Å². The molecule has 146 valence electrons. The lowest BCUT2D eigenvalue weighted by Gasteiger charge is -2.39. The number of fused-ring (bicyclic) bond motifs is 4. The molecule has 3 aliphatic heterocycles. The van der Waals surface area contributed by atoms with Crippen LogP contribution in [0.3, 0.4) is 0 Å². The maximum atomic E-state index is 13.9. The molecule has 5 heterocycles. The third kappa shape index (κ3) is 2.21. The van der Waals surface area contributed by atoms with Crippen LogP contribution in [0.4, 0.5) is 4.39 Å². The molecule has 6 rings (SSSR count). The van der Waals surface area contributed by atoms with Crippen LogP contribution in [0.2, 0.25) is 0 Å². The quantitative estimate of drug-likeness (QED) is 0.670. The van der Waals surface area contributed by atoms with Crippen molar-refractivity contribution in [1.82, 2.24) is 24.4 Å². The summed E-state index contributed by atoms with van der Waals surface area (Å²) >= 11 is 0. The number of hydrogen-bond acceptors (Lipinski definition) is 4. The summed E-state index contributed by atoms with van der Waals surface area (Å²) in [4.78, 5) is 21.6. The molecule has 3 fully saturated rings. The zero-order chi connectivity index (χ0) is 19.3. The molecule has 0 radical (unpaired) electrons. The van der Waals surface area contributed by atoms with Gasteiger partial charge < -0.3 is 10.6 Å². The van der Waals surface area contributed by atoms with Crippen LogP contribution in [0.1, 0.15) is 35.7 Å². The van der Waals surface area contributed by atoms with Crippen molar-refractivity contribution < 1.29 is 9.18 Å². The summed E-state index contributed by atoms with van der Waals surface area (Å²) in [6, 6.07) is 2.53. The number of nitrogens with zero attached hydrogens (tertiary/aromatic N) is 4. The number of nitrogens with two attached hydrogens (primary N) is 1. The molecule has 2 aromatic heterocycles. The van der Waals surface area contributed by atoms with Crippen LogP contribution in [0.15, 0.2) is 18.3 Å². The predicted molar refractivity (Wildman–Crippen MR) is 103 cm³/mol. The Balaban J connectivity index is 1.36. The minimum Gasteiger partial charge on any atom is -0.366 e. The first-order valence-electron chi connectivity index (χ1n) is 9.85. The number of primary amides is 1. The molecule has 0 atom stereocenters. The molecule has 3 aromatic rings. The maximum absolute atomic E-state index is 13.9. The first-order valence-corrected chi connectivity index (χ1v) is 9.85. The lowest BCUT2D eigenvalue weighted by atomic mass is 9.75. The van der Waals surface area contributed by atoms with Gasteiger partial charge in [-0.25, -0.2) is 13.9 Å².